The van der Waals surface area contributed by atoms with Crippen molar-refractivity contribution in [1.29, 1.82) is 5.26 Å². The predicted molar refractivity (Wildman–Crippen MR) is 70.0 cm³/mol. The molecule has 1 aliphatic carbocycles. The van der Waals surface area contributed by atoms with Gasteiger partial charge in [-0.2, -0.15) is 5.26 Å². The van der Waals surface area contributed by atoms with Gasteiger partial charge in [0.1, 0.15) is 11.8 Å². The van der Waals surface area contributed by atoms with Gasteiger partial charge in [-0.05, 0) is 12.5 Å². The lowest BCUT2D eigenvalue weighted by Gasteiger charge is -2.47. The van der Waals surface area contributed by atoms with E-state index in [1.165, 1.54) is 6.20 Å². The summed E-state index contributed by atoms with van der Waals surface area (Å²) in [6.07, 6.45) is 2.71. The molecule has 2 N–H and O–H groups in total. The first kappa shape index (κ1) is 13.2. The van der Waals surface area contributed by atoms with Crippen molar-refractivity contribution in [3.05, 3.63) is 23.5 Å². The molecule has 1 amide bonds. The van der Waals surface area contributed by atoms with Gasteiger partial charge in [0.15, 0.2) is 0 Å². The van der Waals surface area contributed by atoms with E-state index in [9.17, 15) is 4.79 Å². The first-order chi connectivity index (χ1) is 9.74. The van der Waals surface area contributed by atoms with E-state index in [1.807, 2.05) is 6.07 Å². The summed E-state index contributed by atoms with van der Waals surface area (Å²) in [5.74, 6) is 0.411. The highest BCUT2D eigenvalue weighted by Crippen LogP contribution is 2.43. The maximum absolute atomic E-state index is 12.2. The second kappa shape index (κ2) is 5.27. The number of aromatic nitrogens is 1. The molecule has 6 heteroatoms. The van der Waals surface area contributed by atoms with Crippen LogP contribution in [0.3, 0.4) is 0 Å². The van der Waals surface area contributed by atoms with Crippen LogP contribution in [-0.4, -0.2) is 43.4 Å². The van der Waals surface area contributed by atoms with Crippen molar-refractivity contribution in [2.24, 2.45) is 11.8 Å². The van der Waals surface area contributed by atoms with E-state index in [-0.39, 0.29) is 24.0 Å². The van der Waals surface area contributed by atoms with Crippen LogP contribution in [0.1, 0.15) is 22.5 Å². The Hall–Kier alpha value is -1.84. The van der Waals surface area contributed by atoms with Gasteiger partial charge >= 0.3 is 0 Å². The normalized spacial score (nSPS) is 31.2. The van der Waals surface area contributed by atoms with Crippen LogP contribution in [-0.2, 0) is 9.47 Å². The van der Waals surface area contributed by atoms with E-state index in [1.54, 1.807) is 13.2 Å². The molecular weight excluding hydrogens is 258 g/mol. The minimum absolute atomic E-state index is 0.0868. The fourth-order valence-corrected chi connectivity index (χ4v) is 3.25. The van der Waals surface area contributed by atoms with Gasteiger partial charge in [0.25, 0.3) is 5.91 Å². The molecule has 0 radical (unpaired) electrons. The molecule has 4 atom stereocenters. The van der Waals surface area contributed by atoms with E-state index in [0.717, 1.165) is 13.0 Å². The first-order valence-corrected chi connectivity index (χ1v) is 6.74. The second-order valence-electron chi connectivity index (χ2n) is 5.32. The Morgan fingerprint density at radius 2 is 2.55 bits per heavy atom. The number of aromatic amines is 1. The molecular formula is C14H17N3O3. The smallest absolute Gasteiger partial charge is 0.267 e. The fourth-order valence-electron chi connectivity index (χ4n) is 3.25. The molecule has 0 unspecified atom stereocenters. The maximum Gasteiger partial charge on any atom is 0.267 e. The van der Waals surface area contributed by atoms with Crippen molar-refractivity contribution in [2.75, 3.05) is 20.3 Å². The van der Waals surface area contributed by atoms with Gasteiger partial charge in [0.2, 0.25) is 0 Å². The van der Waals surface area contributed by atoms with Crippen molar-refractivity contribution in [3.63, 3.8) is 0 Å². The second-order valence-corrected chi connectivity index (χ2v) is 5.32. The van der Waals surface area contributed by atoms with Crippen molar-refractivity contribution < 1.29 is 14.3 Å². The molecule has 1 aromatic rings. The third-order valence-corrected chi connectivity index (χ3v) is 4.24. The van der Waals surface area contributed by atoms with Crippen LogP contribution in [0.5, 0.6) is 0 Å². The molecule has 6 nitrogen and oxygen atoms in total. The zero-order valence-electron chi connectivity index (χ0n) is 11.3. The molecule has 2 heterocycles. The SMILES string of the molecule is COC[C@H]1[C@H](NC(=O)c2cc(C#N)c[nH]2)[C@H]2CCO[C@H]21. The summed E-state index contributed by atoms with van der Waals surface area (Å²) in [6, 6.07) is 3.64. The van der Waals surface area contributed by atoms with Crippen LogP contribution in [0.25, 0.3) is 0 Å². The van der Waals surface area contributed by atoms with Gasteiger partial charge in [0, 0.05) is 37.8 Å². The number of nitrogens with one attached hydrogen (secondary N) is 2. The number of hydrogen-bond acceptors (Lipinski definition) is 4. The predicted octanol–water partition coefficient (Wildman–Crippen LogP) is 0.666. The van der Waals surface area contributed by atoms with Gasteiger partial charge in [-0.25, -0.2) is 0 Å². The van der Waals surface area contributed by atoms with E-state index >= 15 is 0 Å². The highest BCUT2D eigenvalue weighted by Gasteiger charge is 2.54. The molecule has 0 spiro atoms. The van der Waals surface area contributed by atoms with Crippen LogP contribution >= 0.6 is 0 Å². The highest BCUT2D eigenvalue weighted by molar-refractivity contribution is 5.93. The average molecular weight is 275 g/mol. The summed E-state index contributed by atoms with van der Waals surface area (Å²) in [4.78, 5) is 15.0. The minimum Gasteiger partial charge on any atom is -0.384 e. The average Bonchev–Trinajstić information content (AvgIpc) is 3.09. The largest absolute Gasteiger partial charge is 0.384 e. The van der Waals surface area contributed by atoms with Crippen LogP contribution < -0.4 is 5.32 Å². The molecule has 0 bridgehead atoms. The molecule has 1 aliphatic heterocycles. The Labute approximate surface area is 117 Å². The number of nitriles is 1. The van der Waals surface area contributed by atoms with E-state index < -0.39 is 0 Å². The molecule has 0 aromatic carbocycles. The first-order valence-electron chi connectivity index (χ1n) is 6.74. The summed E-state index contributed by atoms with van der Waals surface area (Å²) >= 11 is 0. The maximum atomic E-state index is 12.2. The molecule has 2 aliphatic rings. The summed E-state index contributed by atoms with van der Waals surface area (Å²) < 4.78 is 10.9. The van der Waals surface area contributed by atoms with Crippen molar-refractivity contribution in [1.82, 2.24) is 10.3 Å². The lowest BCUT2D eigenvalue weighted by molar-refractivity contribution is -0.0810. The Morgan fingerprint density at radius 3 is 3.25 bits per heavy atom. The Bertz CT molecular complexity index is 548. The Balaban J connectivity index is 1.67. The van der Waals surface area contributed by atoms with E-state index in [4.69, 9.17) is 14.7 Å². The number of H-pyrrole nitrogens is 1. The molecule has 1 saturated carbocycles. The minimum atomic E-state index is -0.178. The third kappa shape index (κ3) is 2.09. The fraction of sp³-hybridized carbons (Fsp3) is 0.571. The quantitative estimate of drug-likeness (QED) is 0.845. The molecule has 3 rings (SSSR count). The van der Waals surface area contributed by atoms with Crippen LogP contribution in [0.4, 0.5) is 0 Å². The molecule has 2 fully saturated rings. The van der Waals surface area contributed by atoms with Crippen molar-refractivity contribution >= 4 is 5.91 Å². The summed E-state index contributed by atoms with van der Waals surface area (Å²) in [7, 11) is 1.66. The van der Waals surface area contributed by atoms with Crippen LogP contribution in [0.2, 0.25) is 0 Å². The zero-order valence-corrected chi connectivity index (χ0v) is 11.3. The number of ether oxygens (including phenoxy) is 2. The van der Waals surface area contributed by atoms with Crippen molar-refractivity contribution in [2.45, 2.75) is 18.6 Å². The van der Waals surface area contributed by atoms with E-state index in [0.29, 0.717) is 23.8 Å². The van der Waals surface area contributed by atoms with Gasteiger partial charge in [-0.15, -0.1) is 0 Å². The monoisotopic (exact) mass is 275 g/mol. The number of carbonyl (C=O) groups excluding carboxylic acids is 1. The molecule has 1 aromatic heterocycles. The number of nitrogens with zero attached hydrogens (tertiary/aromatic N) is 1. The Morgan fingerprint density at radius 1 is 1.70 bits per heavy atom. The zero-order chi connectivity index (χ0) is 14.1. The summed E-state index contributed by atoms with van der Waals surface area (Å²) in [5, 5.41) is 11.8. The molecule has 106 valence electrons. The van der Waals surface area contributed by atoms with Crippen molar-refractivity contribution in [3.8, 4) is 6.07 Å². The molecule has 20 heavy (non-hydrogen) atoms. The van der Waals surface area contributed by atoms with Gasteiger partial charge in [-0.3, -0.25) is 4.79 Å². The standard InChI is InChI=1S/C14H17N3O3/c1-19-7-10-12(9-2-3-20-13(9)10)17-14(18)11-4-8(5-15)6-16-11/h4,6,9-10,12-13,16H,2-3,7H2,1H3,(H,17,18)/t9-,10+,12-,13-/m1/s1. The third-order valence-electron chi connectivity index (χ3n) is 4.24. The lowest BCUT2D eigenvalue weighted by Crippen LogP contribution is -2.62. The van der Waals surface area contributed by atoms with Gasteiger partial charge in [-0.1, -0.05) is 0 Å². The number of carbonyl (C=O) groups is 1. The topological polar surface area (TPSA) is 87.1 Å². The lowest BCUT2D eigenvalue weighted by atomic mass is 9.67. The number of amides is 1. The van der Waals surface area contributed by atoms with Gasteiger partial charge < -0.3 is 19.8 Å². The number of hydrogen-bond donors (Lipinski definition) is 2. The number of rotatable bonds is 4. The highest BCUT2D eigenvalue weighted by atomic mass is 16.5. The summed E-state index contributed by atoms with van der Waals surface area (Å²) in [6.45, 7) is 1.34. The van der Waals surface area contributed by atoms with Gasteiger partial charge in [0.05, 0.1) is 18.3 Å². The summed E-state index contributed by atoms with van der Waals surface area (Å²) in [5.41, 5.74) is 0.874. The number of fused-ring (bicyclic) bond motifs is 1. The number of methoxy groups -OCH3 is 1. The van der Waals surface area contributed by atoms with Crippen LogP contribution in [0.15, 0.2) is 12.3 Å². The van der Waals surface area contributed by atoms with Crippen LogP contribution in [0, 0.1) is 23.2 Å². The van der Waals surface area contributed by atoms with E-state index in [2.05, 4.69) is 10.3 Å². The Kier molecular flexibility index (Phi) is 3.47. The molecule has 1 saturated heterocycles.